The number of likely N-dealkylation sites (N-methyl/N-ethyl adjacent to an activating group) is 1. The summed E-state index contributed by atoms with van der Waals surface area (Å²) in [5, 5.41) is 10.2. The van der Waals surface area contributed by atoms with Crippen LogP contribution in [0.15, 0.2) is 49.1 Å². The third-order valence-electron chi connectivity index (χ3n) is 4.63. The van der Waals surface area contributed by atoms with Crippen LogP contribution in [0, 0.1) is 6.92 Å². The highest BCUT2D eigenvalue weighted by Gasteiger charge is 2.12. The Morgan fingerprint density at radius 2 is 1.94 bits per heavy atom. The second-order valence-corrected chi connectivity index (χ2v) is 7.74. The van der Waals surface area contributed by atoms with Crippen LogP contribution in [0.5, 0.6) is 5.75 Å². The van der Waals surface area contributed by atoms with Gasteiger partial charge in [-0.15, -0.1) is 0 Å². The highest BCUT2D eigenvalue weighted by Crippen LogP contribution is 2.11. The van der Waals surface area contributed by atoms with Crippen LogP contribution in [-0.2, 0) is 16.1 Å². The molecule has 2 amide bonds. The minimum absolute atomic E-state index is 0.0632. The number of amides is 2. The largest absolute Gasteiger partial charge is 0.492 e. The number of rotatable bonds is 11. The summed E-state index contributed by atoms with van der Waals surface area (Å²) >= 11 is 5.68. The lowest BCUT2D eigenvalue weighted by atomic mass is 10.2. The normalized spacial score (nSPS) is 10.5. The van der Waals surface area contributed by atoms with E-state index in [2.05, 4.69) is 25.7 Å². The van der Waals surface area contributed by atoms with Crippen LogP contribution in [0.2, 0.25) is 5.15 Å². The van der Waals surface area contributed by atoms with Gasteiger partial charge in [-0.3, -0.25) is 14.3 Å². The molecule has 0 aliphatic heterocycles. The Morgan fingerprint density at radius 3 is 2.67 bits per heavy atom. The van der Waals surface area contributed by atoms with Crippen molar-refractivity contribution in [1.82, 2.24) is 24.6 Å². The van der Waals surface area contributed by atoms with Crippen molar-refractivity contribution in [2.45, 2.75) is 19.9 Å². The van der Waals surface area contributed by atoms with E-state index in [0.29, 0.717) is 36.4 Å². The summed E-state index contributed by atoms with van der Waals surface area (Å²) in [5.41, 5.74) is 1.68. The number of nitrogens with one attached hydrogen (secondary N) is 2. The predicted molar refractivity (Wildman–Crippen MR) is 125 cm³/mol. The van der Waals surface area contributed by atoms with Crippen LogP contribution in [0.4, 0.5) is 11.5 Å². The van der Waals surface area contributed by atoms with Gasteiger partial charge in [0.2, 0.25) is 11.8 Å². The smallest absolute Gasteiger partial charge is 0.244 e. The standard InChI is InChI=1S/C22H26ClN7O3/c1-16-3-5-18(6-4-16)33-10-9-29(2)22(32)15-30-14-17(11-27-30)28-21(31)7-8-24-20-13-25-19(23)12-26-20/h3-6,11-14H,7-10,15H2,1-2H3,(H,24,26)(H,28,31). The van der Waals surface area contributed by atoms with Gasteiger partial charge in [-0.25, -0.2) is 9.97 Å². The fourth-order valence-corrected chi connectivity index (χ4v) is 2.86. The number of nitrogens with zero attached hydrogens (tertiary/aromatic N) is 5. The van der Waals surface area contributed by atoms with Crippen molar-refractivity contribution in [1.29, 1.82) is 0 Å². The molecule has 0 bridgehead atoms. The van der Waals surface area contributed by atoms with Crippen LogP contribution < -0.4 is 15.4 Å². The maximum Gasteiger partial charge on any atom is 0.244 e. The molecular formula is C22H26ClN7O3. The number of ether oxygens (including phenoxy) is 1. The van der Waals surface area contributed by atoms with Crippen LogP contribution in [0.25, 0.3) is 0 Å². The summed E-state index contributed by atoms with van der Waals surface area (Å²) in [6.07, 6.45) is 6.26. The highest BCUT2D eigenvalue weighted by molar-refractivity contribution is 6.29. The average Bonchev–Trinajstić information content (AvgIpc) is 3.22. The van der Waals surface area contributed by atoms with E-state index < -0.39 is 0 Å². The van der Waals surface area contributed by atoms with Crippen molar-refractivity contribution in [3.63, 3.8) is 0 Å². The quantitative estimate of drug-likeness (QED) is 0.441. The zero-order valence-electron chi connectivity index (χ0n) is 18.5. The molecule has 3 aromatic rings. The maximum atomic E-state index is 12.4. The Hall–Kier alpha value is -3.66. The van der Waals surface area contributed by atoms with E-state index in [1.807, 2.05) is 31.2 Å². The molecule has 2 N–H and O–H groups in total. The number of aryl methyl sites for hydroxylation is 1. The highest BCUT2D eigenvalue weighted by atomic mass is 35.5. The predicted octanol–water partition coefficient (Wildman–Crippen LogP) is 2.61. The molecule has 0 radical (unpaired) electrons. The van der Waals surface area contributed by atoms with Crippen molar-refractivity contribution in [2.75, 3.05) is 37.4 Å². The van der Waals surface area contributed by atoms with Crippen molar-refractivity contribution >= 4 is 34.9 Å². The third kappa shape index (κ3) is 8.08. The van der Waals surface area contributed by atoms with Gasteiger partial charge in [0.25, 0.3) is 0 Å². The van der Waals surface area contributed by atoms with E-state index in [4.69, 9.17) is 16.3 Å². The Kier molecular flexibility index (Phi) is 8.59. The van der Waals surface area contributed by atoms with E-state index in [0.717, 1.165) is 11.3 Å². The van der Waals surface area contributed by atoms with Crippen molar-refractivity contribution < 1.29 is 14.3 Å². The first kappa shape index (κ1) is 24.0. The lowest BCUT2D eigenvalue weighted by Gasteiger charge is -2.17. The number of anilines is 2. The maximum absolute atomic E-state index is 12.4. The molecule has 0 fully saturated rings. The molecular weight excluding hydrogens is 446 g/mol. The minimum atomic E-state index is -0.194. The number of hydrogen-bond acceptors (Lipinski definition) is 7. The summed E-state index contributed by atoms with van der Waals surface area (Å²) in [6.45, 7) is 3.29. The van der Waals surface area contributed by atoms with Gasteiger partial charge in [-0.05, 0) is 19.1 Å². The Balaban J connectivity index is 1.36. The lowest BCUT2D eigenvalue weighted by Crippen LogP contribution is -2.33. The van der Waals surface area contributed by atoms with Gasteiger partial charge >= 0.3 is 0 Å². The van der Waals surface area contributed by atoms with E-state index in [1.165, 1.54) is 23.3 Å². The number of aromatic nitrogens is 4. The Bertz CT molecular complexity index is 1050. The van der Waals surface area contributed by atoms with Gasteiger partial charge in [0.15, 0.2) is 0 Å². The van der Waals surface area contributed by atoms with Crippen molar-refractivity contribution in [2.24, 2.45) is 0 Å². The number of carbonyl (C=O) groups is 2. The molecule has 0 aliphatic carbocycles. The molecule has 0 unspecified atom stereocenters. The van der Waals surface area contributed by atoms with Crippen LogP contribution >= 0.6 is 11.6 Å². The molecule has 3 rings (SSSR count). The van der Waals surface area contributed by atoms with Crippen LogP contribution in [0.1, 0.15) is 12.0 Å². The molecule has 33 heavy (non-hydrogen) atoms. The van der Waals surface area contributed by atoms with Crippen molar-refractivity contribution in [3.8, 4) is 5.75 Å². The zero-order chi connectivity index (χ0) is 23.6. The summed E-state index contributed by atoms with van der Waals surface area (Å²) < 4.78 is 7.15. The summed E-state index contributed by atoms with van der Waals surface area (Å²) in [5.74, 6) is 0.995. The first-order valence-corrected chi connectivity index (χ1v) is 10.7. The first-order valence-electron chi connectivity index (χ1n) is 10.4. The van der Waals surface area contributed by atoms with E-state index in [9.17, 15) is 9.59 Å². The summed E-state index contributed by atoms with van der Waals surface area (Å²) in [4.78, 5) is 34.1. The van der Waals surface area contributed by atoms with Gasteiger partial charge in [0.1, 0.15) is 29.9 Å². The van der Waals surface area contributed by atoms with E-state index in [1.54, 1.807) is 18.1 Å². The molecule has 2 aromatic heterocycles. The Morgan fingerprint density at radius 1 is 1.15 bits per heavy atom. The van der Waals surface area contributed by atoms with Gasteiger partial charge in [-0.1, -0.05) is 29.3 Å². The first-order chi connectivity index (χ1) is 15.9. The minimum Gasteiger partial charge on any atom is -0.492 e. The molecule has 11 heteroatoms. The van der Waals surface area contributed by atoms with E-state index in [-0.39, 0.29) is 24.8 Å². The number of halogens is 1. The van der Waals surface area contributed by atoms with Gasteiger partial charge in [0, 0.05) is 26.2 Å². The lowest BCUT2D eigenvalue weighted by molar-refractivity contribution is -0.131. The fraction of sp³-hybridized carbons (Fsp3) is 0.318. The Labute approximate surface area is 196 Å². The van der Waals surface area contributed by atoms with Gasteiger partial charge in [0.05, 0.1) is 30.8 Å². The molecule has 0 saturated carbocycles. The monoisotopic (exact) mass is 471 g/mol. The van der Waals surface area contributed by atoms with Crippen molar-refractivity contribution in [3.05, 3.63) is 59.8 Å². The zero-order valence-corrected chi connectivity index (χ0v) is 19.2. The number of benzene rings is 1. The summed E-state index contributed by atoms with van der Waals surface area (Å²) in [6, 6.07) is 7.75. The van der Waals surface area contributed by atoms with Crippen LogP contribution in [0.3, 0.4) is 0 Å². The molecule has 0 spiro atoms. The molecule has 1 aromatic carbocycles. The number of carbonyl (C=O) groups excluding carboxylic acids is 2. The topological polar surface area (TPSA) is 114 Å². The summed E-state index contributed by atoms with van der Waals surface area (Å²) in [7, 11) is 1.71. The fourth-order valence-electron chi connectivity index (χ4n) is 2.76. The second kappa shape index (κ2) is 11.8. The van der Waals surface area contributed by atoms with Crippen LogP contribution in [-0.4, -0.2) is 63.2 Å². The molecule has 0 aliphatic rings. The molecule has 0 atom stereocenters. The second-order valence-electron chi connectivity index (χ2n) is 7.35. The van der Waals surface area contributed by atoms with Gasteiger partial charge in [-0.2, -0.15) is 5.10 Å². The average molecular weight is 472 g/mol. The van der Waals surface area contributed by atoms with E-state index >= 15 is 0 Å². The van der Waals surface area contributed by atoms with Gasteiger partial charge < -0.3 is 20.3 Å². The molecule has 10 nitrogen and oxygen atoms in total. The molecule has 174 valence electrons. The SMILES string of the molecule is Cc1ccc(OCCN(C)C(=O)Cn2cc(NC(=O)CCNc3cnc(Cl)cn3)cn2)cc1. The number of hydrogen-bond donors (Lipinski definition) is 2. The third-order valence-corrected chi connectivity index (χ3v) is 4.83. The molecule has 2 heterocycles. The molecule has 0 saturated heterocycles.